The van der Waals surface area contributed by atoms with E-state index in [1.54, 1.807) is 0 Å². The number of aryl methyl sites for hydroxylation is 1. The molecule has 3 aromatic rings. The molecule has 16 heavy (non-hydrogen) atoms. The summed E-state index contributed by atoms with van der Waals surface area (Å²) in [5.74, 6) is 1.37. The Balaban J connectivity index is 2.32. The smallest absolute Gasteiger partial charge is 0.213 e. The minimum Gasteiger partial charge on any atom is -0.452 e. The molecule has 0 aliphatic rings. The number of hydrogen-bond acceptors (Lipinski definition) is 3. The fourth-order valence-corrected chi connectivity index (χ4v) is 1.92. The van der Waals surface area contributed by atoms with Crippen LogP contribution in [0.2, 0.25) is 0 Å². The molecule has 0 bridgehead atoms. The molecule has 0 saturated heterocycles. The van der Waals surface area contributed by atoms with E-state index in [1.165, 1.54) is 0 Å². The number of nitrogens with one attached hydrogen (secondary N) is 2. The topological polar surface area (TPSA) is 57.6 Å². The van der Waals surface area contributed by atoms with Crippen LogP contribution in [-0.4, -0.2) is 15.2 Å². The maximum Gasteiger partial charge on any atom is 0.213 e. The van der Waals surface area contributed by atoms with E-state index in [9.17, 15) is 0 Å². The number of para-hydroxylation sites is 1. The van der Waals surface area contributed by atoms with E-state index in [0.29, 0.717) is 10.6 Å². The first-order chi connectivity index (χ1) is 7.75. The molecule has 4 nitrogen and oxygen atoms in total. The monoisotopic (exact) mass is 231 g/mol. The van der Waals surface area contributed by atoms with Gasteiger partial charge in [-0.2, -0.15) is 4.98 Å². The molecule has 1 aromatic carbocycles. The van der Waals surface area contributed by atoms with Gasteiger partial charge in [-0.15, -0.1) is 0 Å². The fourth-order valence-electron chi connectivity index (χ4n) is 1.78. The van der Waals surface area contributed by atoms with Crippen molar-refractivity contribution in [2.45, 2.75) is 6.92 Å². The van der Waals surface area contributed by atoms with Gasteiger partial charge in [0.05, 0.1) is 0 Å². The summed E-state index contributed by atoms with van der Waals surface area (Å²) >= 11 is 4.92. The predicted octanol–water partition coefficient (Wildman–Crippen LogP) is 3.19. The molecule has 3 rings (SSSR count). The van der Waals surface area contributed by atoms with Gasteiger partial charge in [0.1, 0.15) is 5.58 Å². The molecule has 0 saturated carbocycles. The third kappa shape index (κ3) is 1.29. The highest BCUT2D eigenvalue weighted by Gasteiger charge is 2.13. The van der Waals surface area contributed by atoms with Gasteiger partial charge in [0, 0.05) is 10.9 Å². The van der Waals surface area contributed by atoms with Crippen molar-refractivity contribution in [1.82, 2.24) is 15.2 Å². The molecule has 0 unspecified atom stereocenters. The standard InChI is InChI=1S/C11H9N3OS/c1-6-7-4-2-3-5-8(7)15-9(6)10-12-11(16)14-13-10/h2-5H,1H3,(H2,12,13,14,16). The third-order valence-corrected chi connectivity index (χ3v) is 2.75. The van der Waals surface area contributed by atoms with Crippen LogP contribution in [0.1, 0.15) is 5.56 Å². The quantitative estimate of drug-likeness (QED) is 0.632. The Labute approximate surface area is 96.3 Å². The van der Waals surface area contributed by atoms with E-state index in [0.717, 1.165) is 22.3 Å². The number of nitrogens with zero attached hydrogens (tertiary/aromatic N) is 1. The molecular weight excluding hydrogens is 222 g/mol. The van der Waals surface area contributed by atoms with E-state index in [4.69, 9.17) is 16.6 Å². The van der Waals surface area contributed by atoms with Crippen LogP contribution in [-0.2, 0) is 0 Å². The van der Waals surface area contributed by atoms with Gasteiger partial charge in [0.15, 0.2) is 11.6 Å². The molecule has 2 heterocycles. The molecule has 80 valence electrons. The molecule has 2 N–H and O–H groups in total. The fraction of sp³-hybridized carbons (Fsp3) is 0.0909. The van der Waals surface area contributed by atoms with Gasteiger partial charge < -0.3 is 4.42 Å². The summed E-state index contributed by atoms with van der Waals surface area (Å²) in [5.41, 5.74) is 1.92. The zero-order valence-electron chi connectivity index (χ0n) is 8.57. The maximum absolute atomic E-state index is 5.74. The molecule has 0 radical (unpaired) electrons. The molecule has 0 aliphatic carbocycles. The zero-order chi connectivity index (χ0) is 11.1. The molecule has 0 aliphatic heterocycles. The lowest BCUT2D eigenvalue weighted by Gasteiger charge is -1.90. The minimum atomic E-state index is 0.426. The number of H-pyrrole nitrogens is 2. The molecule has 0 atom stereocenters. The van der Waals surface area contributed by atoms with Crippen molar-refractivity contribution in [2.24, 2.45) is 0 Å². The molecule has 0 spiro atoms. The SMILES string of the molecule is Cc1c(-c2nc(=S)[nH][nH]2)oc2ccccc12. The number of benzene rings is 1. The van der Waals surface area contributed by atoms with Crippen molar-refractivity contribution in [3.05, 3.63) is 34.6 Å². The van der Waals surface area contributed by atoms with Crippen LogP contribution in [0.4, 0.5) is 0 Å². The van der Waals surface area contributed by atoms with Crippen LogP contribution in [0.5, 0.6) is 0 Å². The summed E-state index contributed by atoms with van der Waals surface area (Å²) in [6.45, 7) is 2.01. The van der Waals surface area contributed by atoms with E-state index in [-0.39, 0.29) is 0 Å². The van der Waals surface area contributed by atoms with Crippen molar-refractivity contribution in [3.8, 4) is 11.6 Å². The van der Waals surface area contributed by atoms with Crippen molar-refractivity contribution in [2.75, 3.05) is 0 Å². The lowest BCUT2D eigenvalue weighted by Crippen LogP contribution is -1.79. The van der Waals surface area contributed by atoms with Gasteiger partial charge >= 0.3 is 0 Å². The first-order valence-electron chi connectivity index (χ1n) is 4.89. The summed E-state index contributed by atoms with van der Waals surface area (Å²) < 4.78 is 6.16. The first kappa shape index (κ1) is 9.35. The normalized spacial score (nSPS) is 11.1. The highest BCUT2D eigenvalue weighted by Crippen LogP contribution is 2.30. The minimum absolute atomic E-state index is 0.426. The van der Waals surface area contributed by atoms with Gasteiger partial charge in [-0.25, -0.2) is 0 Å². The Morgan fingerprint density at radius 1 is 1.25 bits per heavy atom. The van der Waals surface area contributed by atoms with Crippen molar-refractivity contribution < 1.29 is 4.42 Å². The average molecular weight is 231 g/mol. The van der Waals surface area contributed by atoms with Crippen LogP contribution in [0.25, 0.3) is 22.6 Å². The molecule has 0 fully saturated rings. The molecule has 5 heteroatoms. The number of aromatic amines is 2. The lowest BCUT2D eigenvalue weighted by atomic mass is 10.1. The Morgan fingerprint density at radius 2 is 2.06 bits per heavy atom. The van der Waals surface area contributed by atoms with Crippen LogP contribution in [0.3, 0.4) is 0 Å². The number of fused-ring (bicyclic) bond motifs is 1. The van der Waals surface area contributed by atoms with E-state index in [2.05, 4.69) is 15.2 Å². The second kappa shape index (κ2) is 3.31. The Hall–Kier alpha value is -1.88. The summed E-state index contributed by atoms with van der Waals surface area (Å²) in [4.78, 5) is 4.15. The van der Waals surface area contributed by atoms with E-state index in [1.807, 2.05) is 31.2 Å². The third-order valence-electron chi connectivity index (χ3n) is 2.56. The van der Waals surface area contributed by atoms with Crippen LogP contribution < -0.4 is 0 Å². The number of furan rings is 1. The molecule has 0 amide bonds. The van der Waals surface area contributed by atoms with Crippen molar-refractivity contribution in [3.63, 3.8) is 0 Å². The van der Waals surface area contributed by atoms with Gasteiger partial charge in [-0.1, -0.05) is 18.2 Å². The summed E-state index contributed by atoms with van der Waals surface area (Å²) in [6, 6.07) is 7.90. The van der Waals surface area contributed by atoms with Gasteiger partial charge in [-0.05, 0) is 25.2 Å². The first-order valence-corrected chi connectivity index (χ1v) is 5.30. The molecule has 2 aromatic heterocycles. The zero-order valence-corrected chi connectivity index (χ0v) is 9.39. The number of rotatable bonds is 1. The summed E-state index contributed by atoms with van der Waals surface area (Å²) in [7, 11) is 0. The Kier molecular flexibility index (Phi) is 1.94. The van der Waals surface area contributed by atoms with E-state index < -0.39 is 0 Å². The largest absolute Gasteiger partial charge is 0.452 e. The average Bonchev–Trinajstić information content (AvgIpc) is 2.84. The second-order valence-corrected chi connectivity index (χ2v) is 3.95. The molecular formula is C11H9N3OS. The summed E-state index contributed by atoms with van der Waals surface area (Å²) in [6.07, 6.45) is 0. The van der Waals surface area contributed by atoms with Gasteiger partial charge in [0.2, 0.25) is 4.77 Å². The number of aromatic nitrogens is 3. The van der Waals surface area contributed by atoms with Crippen molar-refractivity contribution in [1.29, 1.82) is 0 Å². The Bertz CT molecular complexity index is 707. The van der Waals surface area contributed by atoms with Gasteiger partial charge in [-0.3, -0.25) is 10.2 Å². The summed E-state index contributed by atoms with van der Waals surface area (Å²) in [5, 5.41) is 6.74. The maximum atomic E-state index is 5.74. The van der Waals surface area contributed by atoms with Crippen LogP contribution >= 0.6 is 12.2 Å². The predicted molar refractivity (Wildman–Crippen MR) is 63.7 cm³/mol. The lowest BCUT2D eigenvalue weighted by molar-refractivity contribution is 0.623. The second-order valence-electron chi connectivity index (χ2n) is 3.57. The number of hydrogen-bond donors (Lipinski definition) is 2. The van der Waals surface area contributed by atoms with E-state index >= 15 is 0 Å². The van der Waals surface area contributed by atoms with Crippen LogP contribution in [0.15, 0.2) is 28.7 Å². The highest BCUT2D eigenvalue weighted by atomic mass is 32.1. The van der Waals surface area contributed by atoms with Gasteiger partial charge in [0.25, 0.3) is 0 Å². The van der Waals surface area contributed by atoms with Crippen LogP contribution in [0, 0.1) is 11.7 Å². The van der Waals surface area contributed by atoms with Crippen molar-refractivity contribution >= 4 is 23.2 Å². The Morgan fingerprint density at radius 3 is 2.75 bits per heavy atom. The highest BCUT2D eigenvalue weighted by molar-refractivity contribution is 7.71.